The van der Waals surface area contributed by atoms with Crippen LogP contribution < -0.4 is 5.32 Å². The van der Waals surface area contributed by atoms with Crippen LogP contribution in [0.4, 0.5) is 0 Å². The van der Waals surface area contributed by atoms with Crippen LogP contribution in [0.3, 0.4) is 0 Å². The molecule has 0 aliphatic carbocycles. The normalized spacial score (nSPS) is 12.9. The first-order valence-electron chi connectivity index (χ1n) is 9.11. The summed E-state index contributed by atoms with van der Waals surface area (Å²) in [6.45, 7) is 1.63. The van der Waals surface area contributed by atoms with Gasteiger partial charge in [-0.05, 0) is 29.5 Å². The molecule has 0 fully saturated rings. The highest BCUT2D eigenvalue weighted by Crippen LogP contribution is 2.20. The minimum atomic E-state index is -0.890. The van der Waals surface area contributed by atoms with Crippen molar-refractivity contribution in [3.63, 3.8) is 0 Å². The van der Waals surface area contributed by atoms with Gasteiger partial charge in [-0.2, -0.15) is 0 Å². The van der Waals surface area contributed by atoms with E-state index in [-0.39, 0.29) is 11.8 Å². The zero-order chi connectivity index (χ0) is 19.9. The summed E-state index contributed by atoms with van der Waals surface area (Å²) in [5.74, 6) is -1.77. The highest BCUT2D eigenvalue weighted by molar-refractivity contribution is 5.91. The van der Waals surface area contributed by atoms with E-state index in [1.807, 2.05) is 54.6 Å². The second-order valence-corrected chi connectivity index (χ2v) is 6.79. The monoisotopic (exact) mass is 378 g/mol. The number of carboxylic acid groups (broad SMARTS) is 1. The lowest BCUT2D eigenvalue weighted by Crippen LogP contribution is -2.38. The smallest absolute Gasteiger partial charge is 0.306 e. The standard InChI is InChI=1S/C22H22N2O4/c1-15(22(26)27)13-19(24-21(25)20-11-12-23-28-20)14-16-7-9-18(10-8-16)17-5-3-2-4-6-17/h2-12,15,19H,13-14H2,1H3,(H,24,25)(H,26,27)/t15-,19+/m1/s1. The number of carboxylic acids is 1. The maximum atomic E-state index is 12.3. The van der Waals surface area contributed by atoms with Crippen LogP contribution in [0.2, 0.25) is 0 Å². The van der Waals surface area contributed by atoms with Crippen molar-refractivity contribution in [2.45, 2.75) is 25.8 Å². The minimum Gasteiger partial charge on any atom is -0.481 e. The summed E-state index contributed by atoms with van der Waals surface area (Å²) in [4.78, 5) is 23.6. The predicted molar refractivity (Wildman–Crippen MR) is 105 cm³/mol. The molecule has 6 nitrogen and oxygen atoms in total. The number of nitrogens with zero attached hydrogens (tertiary/aromatic N) is 1. The Morgan fingerprint density at radius 1 is 1.04 bits per heavy atom. The molecule has 2 aromatic carbocycles. The Kier molecular flexibility index (Phi) is 6.22. The minimum absolute atomic E-state index is 0.104. The topological polar surface area (TPSA) is 92.4 Å². The van der Waals surface area contributed by atoms with E-state index in [9.17, 15) is 14.7 Å². The number of benzene rings is 2. The quantitative estimate of drug-likeness (QED) is 0.622. The average Bonchev–Trinajstić information content (AvgIpc) is 3.24. The van der Waals surface area contributed by atoms with Gasteiger partial charge in [0.05, 0.1) is 12.1 Å². The fraction of sp³-hybridized carbons (Fsp3) is 0.227. The van der Waals surface area contributed by atoms with Crippen LogP contribution in [0.15, 0.2) is 71.4 Å². The largest absolute Gasteiger partial charge is 0.481 e. The second-order valence-electron chi connectivity index (χ2n) is 6.79. The van der Waals surface area contributed by atoms with E-state index >= 15 is 0 Å². The van der Waals surface area contributed by atoms with Gasteiger partial charge in [-0.25, -0.2) is 0 Å². The van der Waals surface area contributed by atoms with Gasteiger partial charge in [0.15, 0.2) is 0 Å². The first-order chi connectivity index (χ1) is 13.5. The lowest BCUT2D eigenvalue weighted by atomic mass is 9.95. The Morgan fingerprint density at radius 2 is 1.71 bits per heavy atom. The molecule has 144 valence electrons. The molecule has 0 saturated carbocycles. The lowest BCUT2D eigenvalue weighted by molar-refractivity contribution is -0.141. The van der Waals surface area contributed by atoms with Crippen molar-refractivity contribution in [3.8, 4) is 11.1 Å². The number of hydrogen-bond acceptors (Lipinski definition) is 4. The third-order valence-electron chi connectivity index (χ3n) is 4.60. The van der Waals surface area contributed by atoms with Crippen molar-refractivity contribution in [1.29, 1.82) is 0 Å². The van der Waals surface area contributed by atoms with Crippen LogP contribution in [-0.2, 0) is 11.2 Å². The molecule has 3 aromatic rings. The van der Waals surface area contributed by atoms with Gasteiger partial charge in [0, 0.05) is 12.1 Å². The molecule has 1 aromatic heterocycles. The average molecular weight is 378 g/mol. The summed E-state index contributed by atoms with van der Waals surface area (Å²) in [5, 5.41) is 15.6. The molecule has 3 rings (SSSR count). The van der Waals surface area contributed by atoms with Crippen LogP contribution >= 0.6 is 0 Å². The van der Waals surface area contributed by atoms with Gasteiger partial charge in [-0.1, -0.05) is 66.7 Å². The van der Waals surface area contributed by atoms with Gasteiger partial charge >= 0.3 is 5.97 Å². The van der Waals surface area contributed by atoms with Crippen molar-refractivity contribution < 1.29 is 19.2 Å². The van der Waals surface area contributed by atoms with Crippen molar-refractivity contribution in [3.05, 3.63) is 78.2 Å². The molecule has 6 heteroatoms. The molecule has 0 radical (unpaired) electrons. The molecule has 2 N–H and O–H groups in total. The molecule has 0 unspecified atom stereocenters. The Labute approximate surface area is 163 Å². The van der Waals surface area contributed by atoms with E-state index in [1.54, 1.807) is 6.92 Å². The zero-order valence-electron chi connectivity index (χ0n) is 15.5. The summed E-state index contributed by atoms with van der Waals surface area (Å²) in [6.07, 6.45) is 2.23. The Hall–Kier alpha value is -3.41. The van der Waals surface area contributed by atoms with Gasteiger partial charge in [0.25, 0.3) is 5.91 Å². The number of carbonyl (C=O) groups excluding carboxylic acids is 1. The van der Waals surface area contributed by atoms with Crippen molar-refractivity contribution in [1.82, 2.24) is 10.5 Å². The van der Waals surface area contributed by atoms with Gasteiger partial charge in [-0.3, -0.25) is 9.59 Å². The lowest BCUT2D eigenvalue weighted by Gasteiger charge is -2.20. The third kappa shape index (κ3) is 5.07. The van der Waals surface area contributed by atoms with Crippen molar-refractivity contribution >= 4 is 11.9 Å². The highest BCUT2D eigenvalue weighted by atomic mass is 16.5. The zero-order valence-corrected chi connectivity index (χ0v) is 15.5. The summed E-state index contributed by atoms with van der Waals surface area (Å²) < 4.78 is 4.89. The molecular formula is C22H22N2O4. The number of amides is 1. The van der Waals surface area contributed by atoms with E-state index in [0.717, 1.165) is 16.7 Å². The molecule has 0 saturated heterocycles. The Morgan fingerprint density at radius 3 is 2.32 bits per heavy atom. The predicted octanol–water partition coefficient (Wildman–Crippen LogP) is 3.79. The number of carbonyl (C=O) groups is 2. The molecule has 2 atom stereocenters. The summed E-state index contributed by atoms with van der Waals surface area (Å²) in [5.41, 5.74) is 3.24. The van der Waals surface area contributed by atoms with E-state index in [0.29, 0.717) is 12.8 Å². The highest BCUT2D eigenvalue weighted by Gasteiger charge is 2.22. The molecule has 28 heavy (non-hydrogen) atoms. The van der Waals surface area contributed by atoms with Crippen LogP contribution in [0.1, 0.15) is 29.5 Å². The number of aromatic nitrogens is 1. The van der Waals surface area contributed by atoms with Gasteiger partial charge < -0.3 is 14.9 Å². The molecule has 0 aliphatic heterocycles. The van der Waals surface area contributed by atoms with E-state index in [4.69, 9.17) is 4.52 Å². The molecule has 0 bridgehead atoms. The Bertz CT molecular complexity index is 905. The number of nitrogens with one attached hydrogen (secondary N) is 1. The van der Waals surface area contributed by atoms with Gasteiger partial charge in [0.1, 0.15) is 0 Å². The van der Waals surface area contributed by atoms with Gasteiger partial charge in [-0.15, -0.1) is 0 Å². The van der Waals surface area contributed by atoms with Crippen LogP contribution in [0.25, 0.3) is 11.1 Å². The fourth-order valence-electron chi connectivity index (χ4n) is 3.06. The SMILES string of the molecule is C[C@H](C[C@@H](Cc1ccc(-c2ccccc2)cc1)NC(=O)c1ccno1)C(=O)O. The fourth-order valence-corrected chi connectivity index (χ4v) is 3.06. The maximum Gasteiger partial charge on any atom is 0.306 e. The molecule has 1 amide bonds. The van der Waals surface area contributed by atoms with Crippen molar-refractivity contribution in [2.24, 2.45) is 5.92 Å². The summed E-state index contributed by atoms with van der Waals surface area (Å²) in [7, 11) is 0. The van der Waals surface area contributed by atoms with E-state index < -0.39 is 17.8 Å². The van der Waals surface area contributed by atoms with Crippen molar-refractivity contribution in [2.75, 3.05) is 0 Å². The van der Waals surface area contributed by atoms with Crippen LogP contribution in [0.5, 0.6) is 0 Å². The van der Waals surface area contributed by atoms with E-state index in [1.165, 1.54) is 12.3 Å². The van der Waals surface area contributed by atoms with E-state index in [2.05, 4.69) is 10.5 Å². The number of rotatable bonds is 8. The molecule has 0 spiro atoms. The Balaban J connectivity index is 1.72. The maximum absolute atomic E-state index is 12.3. The van der Waals surface area contributed by atoms with Crippen LogP contribution in [-0.4, -0.2) is 28.2 Å². The van der Waals surface area contributed by atoms with Crippen LogP contribution in [0, 0.1) is 5.92 Å². The first-order valence-corrected chi connectivity index (χ1v) is 9.11. The number of hydrogen-bond donors (Lipinski definition) is 2. The molecule has 1 heterocycles. The molecular weight excluding hydrogens is 356 g/mol. The third-order valence-corrected chi connectivity index (χ3v) is 4.60. The summed E-state index contributed by atoms with van der Waals surface area (Å²) in [6, 6.07) is 19.2. The molecule has 0 aliphatic rings. The first kappa shape index (κ1) is 19.4. The number of aliphatic carboxylic acids is 1. The van der Waals surface area contributed by atoms with Gasteiger partial charge in [0.2, 0.25) is 5.76 Å². The summed E-state index contributed by atoms with van der Waals surface area (Å²) >= 11 is 0. The second kappa shape index (κ2) is 8.99.